The summed E-state index contributed by atoms with van der Waals surface area (Å²) < 4.78 is 71.1. The lowest BCUT2D eigenvalue weighted by Crippen LogP contribution is -1.90. The molecule has 6 nitrogen and oxygen atoms in total. The van der Waals surface area contributed by atoms with E-state index in [0.717, 1.165) is 21.6 Å². The van der Waals surface area contributed by atoms with Gasteiger partial charge in [-0.05, 0) is 85.7 Å². The minimum atomic E-state index is -2.22. The molecule has 2 aromatic rings. The SMILES string of the molecule is O=S(Cl)c1sc(S(=O)Cl)c(S(=O)Cl)c1SSc1c(S(=O)Cl)sc(S(=O)Cl)c1S(=O)Cl. The Bertz CT molecular complexity index is 1050. The van der Waals surface area contributed by atoms with Gasteiger partial charge < -0.3 is 0 Å². The zero-order valence-electron chi connectivity index (χ0n) is 12.8. The fourth-order valence-electron chi connectivity index (χ4n) is 1.65. The third-order valence-corrected chi connectivity index (χ3v) is 18.1. The Morgan fingerprint density at radius 2 is 0.733 bits per heavy atom. The number of hydrogen-bond donors (Lipinski definition) is 0. The summed E-state index contributed by atoms with van der Waals surface area (Å²) in [6.45, 7) is 0. The van der Waals surface area contributed by atoms with Crippen molar-refractivity contribution in [2.24, 2.45) is 0 Å². The predicted molar refractivity (Wildman–Crippen MR) is 134 cm³/mol. The first-order chi connectivity index (χ1) is 13.9. The number of rotatable bonds is 9. The number of hydrogen-bond acceptors (Lipinski definition) is 10. The Kier molecular flexibility index (Phi) is 12.2. The second-order valence-corrected chi connectivity index (χ2v) is 19.6. The second kappa shape index (κ2) is 12.6. The van der Waals surface area contributed by atoms with Gasteiger partial charge in [-0.15, -0.1) is 22.7 Å². The zero-order valence-corrected chi connectivity index (χ0v) is 25.5. The van der Waals surface area contributed by atoms with Crippen LogP contribution in [0.25, 0.3) is 0 Å². The summed E-state index contributed by atoms with van der Waals surface area (Å²) in [4.78, 5) is -0.300. The second-order valence-electron chi connectivity index (χ2n) is 4.18. The van der Waals surface area contributed by atoms with Gasteiger partial charge in [-0.25, -0.2) is 25.3 Å². The molecule has 2 heterocycles. The summed E-state index contributed by atoms with van der Waals surface area (Å²) in [5, 5.41) is 0. The molecular weight excluding hydrogens is 725 g/mol. The number of halogens is 6. The Hall–Kier alpha value is 2.74. The molecule has 2 rings (SSSR count). The summed E-state index contributed by atoms with van der Waals surface area (Å²) in [5.41, 5.74) is 0. The van der Waals surface area contributed by atoms with Crippen LogP contribution in [0.15, 0.2) is 36.4 Å². The molecule has 22 heteroatoms. The molecule has 0 aliphatic heterocycles. The van der Waals surface area contributed by atoms with Gasteiger partial charge >= 0.3 is 0 Å². The van der Waals surface area contributed by atoms with E-state index in [1.807, 2.05) is 0 Å². The quantitative estimate of drug-likeness (QED) is 0.223. The molecule has 30 heavy (non-hydrogen) atoms. The van der Waals surface area contributed by atoms with Gasteiger partial charge in [0.2, 0.25) is 0 Å². The van der Waals surface area contributed by atoms with E-state index < -0.39 is 60.1 Å². The lowest BCUT2D eigenvalue weighted by Gasteiger charge is -2.05. The lowest BCUT2D eigenvalue weighted by atomic mass is 10.6. The van der Waals surface area contributed by atoms with E-state index in [9.17, 15) is 25.3 Å². The van der Waals surface area contributed by atoms with Crippen molar-refractivity contribution < 1.29 is 25.3 Å². The standard InChI is InChI=1S/C8Cl6O6S10/c9-25(15)3-1(5(27(11)17)21-7(3)29(13)19)23-24-2-4(26(10)16)8(30(14)20)22-6(2)28(12)18. The first-order valence-corrected chi connectivity index (χ1v) is 21.7. The van der Waals surface area contributed by atoms with Crippen molar-refractivity contribution in [3.05, 3.63) is 0 Å². The summed E-state index contributed by atoms with van der Waals surface area (Å²) in [6.07, 6.45) is 0. The van der Waals surface area contributed by atoms with Crippen LogP contribution < -0.4 is 0 Å². The maximum absolute atomic E-state index is 12.0. The largest absolute Gasteiger partial charge is 0.237 e. The smallest absolute Gasteiger partial charge is 0.159 e. The highest BCUT2D eigenvalue weighted by Gasteiger charge is 2.32. The van der Waals surface area contributed by atoms with Gasteiger partial charge in [0, 0.05) is 0 Å². The third kappa shape index (κ3) is 6.69. The Morgan fingerprint density at radius 1 is 0.467 bits per heavy atom. The molecule has 0 N–H and O–H groups in total. The van der Waals surface area contributed by atoms with E-state index in [4.69, 9.17) is 64.1 Å². The summed E-state index contributed by atoms with van der Waals surface area (Å²) in [7, 11) is 22.5. The van der Waals surface area contributed by atoms with Gasteiger partial charge in [0.05, 0.1) is 19.6 Å². The molecule has 0 aliphatic carbocycles. The first-order valence-electron chi connectivity index (χ1n) is 6.04. The molecule has 0 spiro atoms. The molecule has 0 radical (unpaired) electrons. The predicted octanol–water partition coefficient (Wildman–Crippen LogP) is 6.18. The van der Waals surface area contributed by atoms with Gasteiger partial charge in [-0.2, -0.15) is 0 Å². The van der Waals surface area contributed by atoms with Crippen LogP contribution >= 0.6 is 108 Å². The molecule has 0 aliphatic rings. The van der Waals surface area contributed by atoms with Gasteiger partial charge in [0.15, 0.2) is 60.1 Å². The van der Waals surface area contributed by atoms with Crippen molar-refractivity contribution in [1.82, 2.24) is 0 Å². The molecule has 0 bridgehead atoms. The third-order valence-electron chi connectivity index (χ3n) is 2.64. The molecule has 0 saturated carbocycles. The van der Waals surface area contributed by atoms with Crippen LogP contribution in [0.2, 0.25) is 0 Å². The van der Waals surface area contributed by atoms with Crippen LogP contribution in [0.4, 0.5) is 0 Å². The van der Waals surface area contributed by atoms with Crippen molar-refractivity contribution in [2.75, 3.05) is 0 Å². The monoisotopic (exact) mass is 722 g/mol. The van der Waals surface area contributed by atoms with Crippen LogP contribution in [-0.2, 0) is 60.1 Å². The van der Waals surface area contributed by atoms with E-state index in [0.29, 0.717) is 22.7 Å². The Morgan fingerprint density at radius 3 is 0.933 bits per heavy atom. The highest BCUT2D eigenvalue weighted by atomic mass is 35.7. The summed E-state index contributed by atoms with van der Waals surface area (Å²) in [6, 6.07) is 0. The average molecular weight is 725 g/mol. The molecule has 170 valence electrons. The highest BCUT2D eigenvalue weighted by Crippen LogP contribution is 2.54. The van der Waals surface area contributed by atoms with Crippen LogP contribution in [0.5, 0.6) is 0 Å². The van der Waals surface area contributed by atoms with Gasteiger partial charge in [0.25, 0.3) is 0 Å². The zero-order chi connectivity index (χ0) is 22.9. The average Bonchev–Trinajstić information content (AvgIpc) is 3.18. The van der Waals surface area contributed by atoms with Crippen LogP contribution in [0.3, 0.4) is 0 Å². The van der Waals surface area contributed by atoms with Crippen LogP contribution in [0.1, 0.15) is 0 Å². The molecule has 6 atom stereocenters. The minimum Gasteiger partial charge on any atom is -0.237 e. The highest BCUT2D eigenvalue weighted by molar-refractivity contribution is 8.76. The number of thiophene rings is 2. The van der Waals surface area contributed by atoms with Crippen molar-refractivity contribution in [2.45, 2.75) is 36.4 Å². The van der Waals surface area contributed by atoms with E-state index >= 15 is 0 Å². The van der Waals surface area contributed by atoms with Gasteiger partial charge in [-0.1, -0.05) is 0 Å². The molecule has 0 fully saturated rings. The van der Waals surface area contributed by atoms with Crippen LogP contribution in [-0.4, -0.2) is 25.3 Å². The minimum absolute atomic E-state index is 0.0213. The molecule has 6 unspecified atom stereocenters. The fraction of sp³-hybridized carbons (Fsp3) is 0. The maximum Gasteiger partial charge on any atom is 0.159 e. The normalized spacial score (nSPS) is 17.9. The fourth-order valence-corrected chi connectivity index (χ4v) is 18.4. The lowest BCUT2D eigenvalue weighted by molar-refractivity contribution is 0.683. The van der Waals surface area contributed by atoms with Crippen molar-refractivity contribution in [3.63, 3.8) is 0 Å². The topological polar surface area (TPSA) is 102 Å². The van der Waals surface area contributed by atoms with Gasteiger partial charge in [-0.3, -0.25) is 0 Å². The van der Waals surface area contributed by atoms with E-state index in [1.54, 1.807) is 0 Å². The van der Waals surface area contributed by atoms with Crippen molar-refractivity contribution in [1.29, 1.82) is 0 Å². The molecule has 0 aromatic carbocycles. The maximum atomic E-state index is 12.0. The van der Waals surface area contributed by atoms with Gasteiger partial charge in [0.1, 0.15) is 16.8 Å². The van der Waals surface area contributed by atoms with E-state index in [2.05, 4.69) is 0 Å². The molecular formula is C8Cl6O6S10. The molecule has 0 saturated heterocycles. The van der Waals surface area contributed by atoms with E-state index in [1.165, 1.54) is 0 Å². The van der Waals surface area contributed by atoms with Crippen LogP contribution in [0, 0.1) is 0 Å². The molecule has 2 aromatic heterocycles. The molecule has 0 amide bonds. The Labute approximate surface area is 227 Å². The Balaban J connectivity index is 2.67. The summed E-state index contributed by atoms with van der Waals surface area (Å²) in [5.74, 6) is 0. The van der Waals surface area contributed by atoms with Crippen molar-refractivity contribution >= 4 is 168 Å². The van der Waals surface area contributed by atoms with E-state index in [-0.39, 0.29) is 36.4 Å². The first kappa shape index (κ1) is 29.0. The summed E-state index contributed by atoms with van der Waals surface area (Å²) >= 11 is 1.36. The van der Waals surface area contributed by atoms with Crippen molar-refractivity contribution in [3.8, 4) is 0 Å².